The number of para-hydroxylation sites is 1. The first-order valence-corrected chi connectivity index (χ1v) is 13.4. The highest BCUT2D eigenvalue weighted by Crippen LogP contribution is 2.19. The van der Waals surface area contributed by atoms with Crippen molar-refractivity contribution in [2.24, 2.45) is 23.1 Å². The van der Waals surface area contributed by atoms with Crippen molar-refractivity contribution in [2.75, 3.05) is 6.54 Å². The van der Waals surface area contributed by atoms with Gasteiger partial charge in [0.05, 0.1) is 12.5 Å². The van der Waals surface area contributed by atoms with E-state index < -0.39 is 66.1 Å². The molecule has 0 saturated heterocycles. The number of rotatable bonds is 17. The van der Waals surface area contributed by atoms with E-state index in [1.54, 1.807) is 20.0 Å². The van der Waals surface area contributed by atoms with Crippen LogP contribution in [-0.2, 0) is 30.4 Å². The molecule has 1 aromatic heterocycles. The smallest absolute Gasteiger partial charge is 0.326 e. The van der Waals surface area contributed by atoms with Crippen molar-refractivity contribution in [3.8, 4) is 0 Å². The third kappa shape index (κ3) is 9.35. The van der Waals surface area contributed by atoms with Gasteiger partial charge in [-0.1, -0.05) is 44.9 Å². The monoisotopic (exact) mass is 559 g/mol. The number of hydrogen-bond acceptors (Lipinski definition) is 7. The summed E-state index contributed by atoms with van der Waals surface area (Å²) in [5.41, 5.74) is 18.4. The van der Waals surface area contributed by atoms with E-state index in [4.69, 9.17) is 17.2 Å². The third-order valence-electron chi connectivity index (χ3n) is 6.85. The number of carbonyl (C=O) groups excluding carboxylic acids is 4. The SMILES string of the molecule is CCC(C)C(NC(=O)C(CC(N)=O)NC(=O)C(Cc1c[nH]c2ccccc12)NC(=O)C(N)CCCCN)C(=O)O. The lowest BCUT2D eigenvalue weighted by atomic mass is 9.98. The maximum atomic E-state index is 13.5. The van der Waals surface area contributed by atoms with Gasteiger partial charge >= 0.3 is 5.97 Å². The molecule has 2 rings (SSSR count). The van der Waals surface area contributed by atoms with E-state index in [2.05, 4.69) is 20.9 Å². The molecule has 1 heterocycles. The molecule has 0 spiro atoms. The molecule has 13 nitrogen and oxygen atoms in total. The summed E-state index contributed by atoms with van der Waals surface area (Å²) >= 11 is 0. The predicted molar refractivity (Wildman–Crippen MR) is 150 cm³/mol. The first kappa shape index (κ1) is 32.2. The summed E-state index contributed by atoms with van der Waals surface area (Å²) in [7, 11) is 0. The van der Waals surface area contributed by atoms with Crippen LogP contribution in [0.4, 0.5) is 0 Å². The van der Waals surface area contributed by atoms with Crippen LogP contribution in [0.1, 0.15) is 51.5 Å². The van der Waals surface area contributed by atoms with E-state index in [1.165, 1.54) is 0 Å². The molecule has 2 aromatic rings. The Morgan fingerprint density at radius 2 is 1.62 bits per heavy atom. The van der Waals surface area contributed by atoms with Crippen molar-refractivity contribution in [3.05, 3.63) is 36.0 Å². The molecule has 11 N–H and O–H groups in total. The maximum absolute atomic E-state index is 13.5. The summed E-state index contributed by atoms with van der Waals surface area (Å²) in [5, 5.41) is 17.9. The number of hydrogen-bond donors (Lipinski definition) is 8. The number of carboxylic acid groups (broad SMARTS) is 1. The Bertz CT molecular complexity index is 1180. The Labute approximate surface area is 233 Å². The Kier molecular flexibility index (Phi) is 12.6. The topological polar surface area (TPSA) is 236 Å². The molecule has 0 fully saturated rings. The van der Waals surface area contributed by atoms with E-state index in [0.717, 1.165) is 16.5 Å². The van der Waals surface area contributed by atoms with E-state index in [1.807, 2.05) is 24.3 Å². The molecule has 13 heteroatoms. The number of nitrogens with one attached hydrogen (secondary N) is 4. The fraction of sp³-hybridized carbons (Fsp3) is 0.519. The van der Waals surface area contributed by atoms with Crippen molar-refractivity contribution in [2.45, 2.75) is 76.5 Å². The zero-order valence-corrected chi connectivity index (χ0v) is 22.9. The summed E-state index contributed by atoms with van der Waals surface area (Å²) in [6, 6.07) is 2.66. The van der Waals surface area contributed by atoms with Crippen LogP contribution in [-0.4, -0.2) is 70.4 Å². The van der Waals surface area contributed by atoms with Crippen molar-refractivity contribution in [1.29, 1.82) is 0 Å². The number of aliphatic carboxylic acids is 1. The Morgan fingerprint density at radius 1 is 0.975 bits per heavy atom. The third-order valence-corrected chi connectivity index (χ3v) is 6.85. The largest absolute Gasteiger partial charge is 0.480 e. The number of carboxylic acids is 1. The quantitative estimate of drug-likeness (QED) is 0.119. The van der Waals surface area contributed by atoms with Gasteiger partial charge in [-0.3, -0.25) is 19.2 Å². The average molecular weight is 560 g/mol. The minimum Gasteiger partial charge on any atom is -0.480 e. The van der Waals surface area contributed by atoms with Crippen LogP contribution in [0.15, 0.2) is 30.5 Å². The van der Waals surface area contributed by atoms with E-state index >= 15 is 0 Å². The van der Waals surface area contributed by atoms with Gasteiger partial charge in [0.15, 0.2) is 0 Å². The van der Waals surface area contributed by atoms with Gasteiger partial charge in [0.1, 0.15) is 18.1 Å². The standard InChI is InChI=1S/C27H41N7O6/c1-3-15(2)23(27(39)40)34-26(38)21(13-22(30)35)33-25(37)20(32-24(36)18(29)9-6-7-11-28)12-16-14-31-19-10-5-4-8-17(16)19/h4-5,8,10,14-15,18,20-21,23,31H,3,6-7,9,11-13,28-29H2,1-2H3,(H2,30,35)(H,32,36)(H,33,37)(H,34,38)(H,39,40). The van der Waals surface area contributed by atoms with Gasteiger partial charge in [-0.15, -0.1) is 0 Å². The zero-order valence-electron chi connectivity index (χ0n) is 22.9. The second-order valence-corrected chi connectivity index (χ2v) is 9.96. The van der Waals surface area contributed by atoms with Gasteiger partial charge in [-0.05, 0) is 36.9 Å². The molecular formula is C27H41N7O6. The summed E-state index contributed by atoms with van der Waals surface area (Å²) < 4.78 is 0. The van der Waals surface area contributed by atoms with Crippen molar-refractivity contribution in [1.82, 2.24) is 20.9 Å². The van der Waals surface area contributed by atoms with Gasteiger partial charge in [-0.25, -0.2) is 4.79 Å². The van der Waals surface area contributed by atoms with Gasteiger partial charge in [0.25, 0.3) is 0 Å². The fourth-order valence-electron chi connectivity index (χ4n) is 4.27. The first-order chi connectivity index (χ1) is 19.0. The highest BCUT2D eigenvalue weighted by atomic mass is 16.4. The van der Waals surface area contributed by atoms with Crippen LogP contribution in [0.5, 0.6) is 0 Å². The van der Waals surface area contributed by atoms with Crippen molar-refractivity contribution < 1.29 is 29.1 Å². The average Bonchev–Trinajstić information content (AvgIpc) is 3.32. The summed E-state index contributed by atoms with van der Waals surface area (Å²) in [6.45, 7) is 3.89. The molecule has 0 saturated carbocycles. The predicted octanol–water partition coefficient (Wildman–Crippen LogP) is -0.373. The number of H-pyrrole nitrogens is 1. The van der Waals surface area contributed by atoms with E-state index in [0.29, 0.717) is 32.2 Å². The number of fused-ring (bicyclic) bond motifs is 1. The van der Waals surface area contributed by atoms with Crippen LogP contribution < -0.4 is 33.2 Å². The summed E-state index contributed by atoms with van der Waals surface area (Å²) in [5.74, 6) is -4.74. The zero-order chi connectivity index (χ0) is 29.8. The minimum atomic E-state index is -1.46. The summed E-state index contributed by atoms with van der Waals surface area (Å²) in [6.07, 6.45) is 3.35. The Balaban J connectivity index is 2.30. The number of benzene rings is 1. The molecule has 220 valence electrons. The number of carbonyl (C=O) groups is 5. The second-order valence-electron chi connectivity index (χ2n) is 9.96. The maximum Gasteiger partial charge on any atom is 0.326 e. The highest BCUT2D eigenvalue weighted by molar-refractivity contribution is 5.96. The van der Waals surface area contributed by atoms with Gasteiger partial charge < -0.3 is 43.2 Å². The van der Waals surface area contributed by atoms with Crippen LogP contribution >= 0.6 is 0 Å². The van der Waals surface area contributed by atoms with Crippen molar-refractivity contribution in [3.63, 3.8) is 0 Å². The highest BCUT2D eigenvalue weighted by Gasteiger charge is 2.33. The van der Waals surface area contributed by atoms with Gasteiger partial charge in [-0.2, -0.15) is 0 Å². The van der Waals surface area contributed by atoms with Crippen LogP contribution in [0.2, 0.25) is 0 Å². The Hall–Kier alpha value is -3.97. The van der Waals surface area contributed by atoms with Crippen molar-refractivity contribution >= 4 is 40.5 Å². The molecular weight excluding hydrogens is 518 g/mol. The first-order valence-electron chi connectivity index (χ1n) is 13.4. The number of primary amides is 1. The second kappa shape index (κ2) is 15.6. The Morgan fingerprint density at radius 3 is 2.25 bits per heavy atom. The van der Waals surface area contributed by atoms with Crippen LogP contribution in [0.25, 0.3) is 10.9 Å². The number of amides is 4. The number of unbranched alkanes of at least 4 members (excludes halogenated alkanes) is 1. The molecule has 0 aliphatic carbocycles. The molecule has 0 radical (unpaired) electrons. The number of nitrogens with two attached hydrogens (primary N) is 3. The lowest BCUT2D eigenvalue weighted by Crippen LogP contribution is -2.58. The minimum absolute atomic E-state index is 0.0483. The molecule has 5 unspecified atom stereocenters. The normalized spacial score (nSPS) is 14.9. The molecule has 0 aliphatic heterocycles. The molecule has 5 atom stereocenters. The molecule has 40 heavy (non-hydrogen) atoms. The molecule has 4 amide bonds. The molecule has 0 aliphatic rings. The van der Waals surface area contributed by atoms with E-state index in [-0.39, 0.29) is 6.42 Å². The van der Waals surface area contributed by atoms with Gasteiger partial charge in [0.2, 0.25) is 23.6 Å². The lowest BCUT2D eigenvalue weighted by molar-refractivity contribution is -0.144. The number of aromatic amines is 1. The number of aromatic nitrogens is 1. The summed E-state index contributed by atoms with van der Waals surface area (Å²) in [4.78, 5) is 66.0. The molecule has 0 bridgehead atoms. The van der Waals surface area contributed by atoms with E-state index in [9.17, 15) is 29.1 Å². The fourth-order valence-corrected chi connectivity index (χ4v) is 4.27. The van der Waals surface area contributed by atoms with Gasteiger partial charge in [0, 0.05) is 23.5 Å². The van der Waals surface area contributed by atoms with Crippen LogP contribution in [0, 0.1) is 5.92 Å². The lowest BCUT2D eigenvalue weighted by Gasteiger charge is -2.26. The van der Waals surface area contributed by atoms with Crippen LogP contribution in [0.3, 0.4) is 0 Å². The molecule has 1 aromatic carbocycles.